The van der Waals surface area contributed by atoms with Crippen molar-refractivity contribution < 1.29 is 37.7 Å². The average molecular weight is 825 g/mol. The van der Waals surface area contributed by atoms with Gasteiger partial charge in [-0.15, -0.1) is 0 Å². The Morgan fingerprint density at radius 2 is 1.42 bits per heavy atom. The maximum absolute atomic E-state index is 14.4. The van der Waals surface area contributed by atoms with Crippen LogP contribution in [-0.4, -0.2) is 95.9 Å². The van der Waals surface area contributed by atoms with Crippen molar-refractivity contribution in [2.24, 2.45) is 5.41 Å². The normalized spacial score (nSPS) is 21.6. The van der Waals surface area contributed by atoms with Gasteiger partial charge in [0.25, 0.3) is 11.8 Å². The molecule has 0 radical (unpaired) electrons. The van der Waals surface area contributed by atoms with E-state index < -0.39 is 14.5 Å². The van der Waals surface area contributed by atoms with Gasteiger partial charge in [-0.25, -0.2) is 0 Å². The monoisotopic (exact) mass is 824 g/mol. The summed E-state index contributed by atoms with van der Waals surface area (Å²) in [6.07, 6.45) is 8.16. The minimum Gasteiger partial charge on any atom is -0.497 e. The molecule has 316 valence electrons. The quantitative estimate of drug-likeness (QED) is 0.121. The Labute approximate surface area is 349 Å². The molecule has 12 nitrogen and oxygen atoms in total. The number of hydrogen-bond acceptors (Lipinski definition) is 10. The molecule has 1 unspecified atom stereocenters. The average Bonchev–Trinajstić information content (AvgIpc) is 3.72. The first-order valence-electron chi connectivity index (χ1n) is 21.1. The van der Waals surface area contributed by atoms with Crippen LogP contribution in [0.4, 0.5) is 11.4 Å². The van der Waals surface area contributed by atoms with E-state index in [0.717, 1.165) is 61.3 Å². The van der Waals surface area contributed by atoms with Crippen LogP contribution in [0.5, 0.6) is 28.7 Å². The first-order chi connectivity index (χ1) is 28.2. The van der Waals surface area contributed by atoms with E-state index in [1.807, 2.05) is 53.6 Å². The zero-order valence-electron chi connectivity index (χ0n) is 35.9. The molecule has 8 rings (SSSR count). The molecule has 0 aromatic heterocycles. The smallest absolute Gasteiger partial charge is 0.260 e. The summed E-state index contributed by atoms with van der Waals surface area (Å²) in [5.74, 6) is 3.00. The van der Waals surface area contributed by atoms with Crippen LogP contribution < -0.4 is 34.3 Å². The molecule has 1 spiro atoms. The molecule has 0 bridgehead atoms. The number of fused-ring (bicyclic) bond motifs is 4. The third-order valence-electron chi connectivity index (χ3n) is 13.4. The van der Waals surface area contributed by atoms with Crippen molar-refractivity contribution in [3.8, 4) is 28.7 Å². The van der Waals surface area contributed by atoms with Crippen LogP contribution in [0.2, 0.25) is 18.1 Å². The molecule has 4 aliphatic heterocycles. The van der Waals surface area contributed by atoms with E-state index in [9.17, 15) is 9.59 Å². The van der Waals surface area contributed by atoms with Gasteiger partial charge in [0, 0.05) is 37.5 Å². The summed E-state index contributed by atoms with van der Waals surface area (Å²) in [6.45, 7) is 13.7. The summed E-state index contributed by atoms with van der Waals surface area (Å²) in [6, 6.07) is 15.3. The summed E-state index contributed by atoms with van der Waals surface area (Å²) in [5, 5.41) is 7.16. The molecule has 3 aromatic carbocycles. The minimum atomic E-state index is -2.28. The maximum atomic E-state index is 14.4. The van der Waals surface area contributed by atoms with Gasteiger partial charge in [-0.3, -0.25) is 9.59 Å². The largest absolute Gasteiger partial charge is 0.497 e. The number of anilines is 2. The maximum Gasteiger partial charge on any atom is 0.260 e. The number of nitrogens with one attached hydrogen (secondary N) is 2. The second-order valence-corrected chi connectivity index (χ2v) is 23.1. The summed E-state index contributed by atoms with van der Waals surface area (Å²) in [5.41, 5.74) is 5.08. The lowest BCUT2D eigenvalue weighted by Gasteiger charge is -2.41. The zero-order chi connectivity index (χ0) is 41.7. The van der Waals surface area contributed by atoms with E-state index in [2.05, 4.69) is 49.4 Å². The first kappa shape index (κ1) is 40.9. The summed E-state index contributed by atoms with van der Waals surface area (Å²) in [4.78, 5) is 31.9. The Morgan fingerprint density at radius 3 is 2.02 bits per heavy atom. The molecular weight excluding hydrogens is 765 g/mol. The van der Waals surface area contributed by atoms with Gasteiger partial charge in [-0.1, -0.05) is 32.9 Å². The van der Waals surface area contributed by atoms with Gasteiger partial charge in [0.15, 0.2) is 31.3 Å². The zero-order valence-corrected chi connectivity index (χ0v) is 36.9. The number of rotatable bonds is 14. The van der Waals surface area contributed by atoms with Gasteiger partial charge in [0.1, 0.15) is 12.0 Å². The van der Waals surface area contributed by atoms with Crippen LogP contribution in [0.25, 0.3) is 5.57 Å². The number of carbonyl (C=O) groups excluding carboxylic acids is 2. The van der Waals surface area contributed by atoms with Gasteiger partial charge in [-0.05, 0) is 104 Å². The van der Waals surface area contributed by atoms with Crippen molar-refractivity contribution in [1.82, 2.24) is 9.80 Å². The van der Waals surface area contributed by atoms with E-state index >= 15 is 0 Å². The Morgan fingerprint density at radius 1 is 0.797 bits per heavy atom. The molecule has 4 heterocycles. The molecule has 1 saturated heterocycles. The lowest BCUT2D eigenvalue weighted by atomic mass is 10.0. The highest BCUT2D eigenvalue weighted by Gasteiger charge is 2.54. The molecule has 2 amide bonds. The van der Waals surface area contributed by atoms with Crippen molar-refractivity contribution >= 4 is 37.1 Å². The third-order valence-corrected chi connectivity index (χ3v) is 17.8. The highest BCUT2D eigenvalue weighted by Crippen LogP contribution is 2.56. The molecule has 3 aromatic rings. The van der Waals surface area contributed by atoms with Crippen LogP contribution in [0.3, 0.4) is 0 Å². The van der Waals surface area contributed by atoms with Gasteiger partial charge in [0.05, 0.1) is 63.1 Å². The fourth-order valence-electron chi connectivity index (χ4n) is 8.63. The SMILES string of the molecule is COc1ccc(C2=CN3C(=O)c4cc(OC)c(OCCCCCOc5cc6c(cc5OC)C(=O)N5CC7(CC7)C[C@H]5CN6)cc4NC(O[Si](C)(C)C(C)(C)C)[C@@H]3C2)cc1. The fraction of sp³-hybridized carbons (Fsp3) is 0.522. The fourth-order valence-corrected chi connectivity index (χ4v) is 9.83. The van der Waals surface area contributed by atoms with Gasteiger partial charge < -0.3 is 48.5 Å². The predicted molar refractivity (Wildman–Crippen MR) is 232 cm³/mol. The van der Waals surface area contributed by atoms with Crippen LogP contribution in [0.15, 0.2) is 54.7 Å². The molecule has 2 N–H and O–H groups in total. The highest BCUT2D eigenvalue weighted by molar-refractivity contribution is 6.74. The van der Waals surface area contributed by atoms with Gasteiger partial charge >= 0.3 is 0 Å². The predicted octanol–water partition coefficient (Wildman–Crippen LogP) is 8.79. The van der Waals surface area contributed by atoms with Crippen molar-refractivity contribution in [2.45, 2.75) is 102 Å². The molecule has 1 aliphatic carbocycles. The Hall–Kier alpha value is -4.88. The number of benzene rings is 3. The lowest BCUT2D eigenvalue weighted by Crippen LogP contribution is -2.52. The lowest BCUT2D eigenvalue weighted by molar-refractivity contribution is 0.0663. The van der Waals surface area contributed by atoms with Crippen LogP contribution >= 0.6 is 0 Å². The number of ether oxygens (including phenoxy) is 5. The summed E-state index contributed by atoms with van der Waals surface area (Å²) < 4.78 is 36.5. The Bertz CT molecular complexity index is 2110. The summed E-state index contributed by atoms with van der Waals surface area (Å²) >= 11 is 0. The van der Waals surface area contributed by atoms with E-state index in [-0.39, 0.29) is 28.9 Å². The van der Waals surface area contributed by atoms with Crippen molar-refractivity contribution in [1.29, 1.82) is 0 Å². The number of unbranched alkanes of at least 4 members (excludes halogenated alkanes) is 2. The summed E-state index contributed by atoms with van der Waals surface area (Å²) in [7, 11) is 2.59. The van der Waals surface area contributed by atoms with Gasteiger partial charge in [-0.2, -0.15) is 0 Å². The number of amides is 2. The molecule has 3 atom stereocenters. The van der Waals surface area contributed by atoms with E-state index in [1.165, 1.54) is 12.8 Å². The topological polar surface area (TPSA) is 120 Å². The van der Waals surface area contributed by atoms with E-state index in [1.54, 1.807) is 27.4 Å². The minimum absolute atomic E-state index is 0.0380. The number of nitrogens with zero attached hydrogens (tertiary/aromatic N) is 2. The number of hydrogen-bond donors (Lipinski definition) is 2. The molecule has 5 aliphatic rings. The molecule has 1 saturated carbocycles. The second kappa shape index (κ2) is 15.9. The number of methoxy groups -OCH3 is 3. The third kappa shape index (κ3) is 8.07. The Balaban J connectivity index is 0.913. The van der Waals surface area contributed by atoms with Crippen LogP contribution in [0, 0.1) is 5.41 Å². The van der Waals surface area contributed by atoms with Crippen molar-refractivity contribution in [3.05, 3.63) is 71.4 Å². The van der Waals surface area contributed by atoms with E-state index in [0.29, 0.717) is 64.9 Å². The molecule has 59 heavy (non-hydrogen) atoms. The van der Waals surface area contributed by atoms with Crippen molar-refractivity contribution in [3.63, 3.8) is 0 Å². The molecule has 13 heteroatoms. The highest BCUT2D eigenvalue weighted by atomic mass is 28.4. The van der Waals surface area contributed by atoms with Crippen LogP contribution in [0.1, 0.15) is 92.0 Å². The molecule has 2 fully saturated rings. The number of carbonyl (C=O) groups is 2. The first-order valence-corrected chi connectivity index (χ1v) is 24.0. The van der Waals surface area contributed by atoms with E-state index in [4.69, 9.17) is 28.1 Å². The van der Waals surface area contributed by atoms with Crippen LogP contribution in [-0.2, 0) is 4.43 Å². The van der Waals surface area contributed by atoms with Gasteiger partial charge in [0.2, 0.25) is 0 Å². The Kier molecular flexibility index (Phi) is 11.0. The standard InChI is InChI=1S/C46H60N4O8Si/c1-45(2,3)59(7,8)58-42-37-20-30(29-12-14-32(53-4)15-13-29)27-49(37)43(51)34-22-39(55-6)41(24-36(34)48-42)57-19-11-9-10-18-56-40-23-35-33(21-38(40)54-5)44(52)50-28-46(16-17-46)25-31(50)26-47-35/h12-15,21-24,27,31,37,42,47-48H,9-11,16-20,25-26,28H2,1-8H3/t31-,37-,42?/m0/s1. The van der Waals surface area contributed by atoms with Crippen molar-refractivity contribution in [2.75, 3.05) is 58.3 Å². The second-order valence-electron chi connectivity index (χ2n) is 18.3. The molecular formula is C46H60N4O8Si.